The number of amides is 1. The van der Waals surface area contributed by atoms with Gasteiger partial charge in [0.25, 0.3) is 5.56 Å². The van der Waals surface area contributed by atoms with Gasteiger partial charge in [-0.25, -0.2) is 9.07 Å². The van der Waals surface area contributed by atoms with Gasteiger partial charge in [0.05, 0.1) is 18.5 Å². The monoisotopic (exact) mass is 431 g/mol. The van der Waals surface area contributed by atoms with Crippen molar-refractivity contribution in [3.63, 3.8) is 0 Å². The average Bonchev–Trinajstić information content (AvgIpc) is 2.66. The maximum absolute atomic E-state index is 13.9. The van der Waals surface area contributed by atoms with Gasteiger partial charge in [-0.15, -0.1) is 0 Å². The number of halogens is 2. The summed E-state index contributed by atoms with van der Waals surface area (Å²) in [5.41, 5.74) is 0.750. The molecule has 0 bridgehead atoms. The number of carbonyl (C=O) groups is 1. The summed E-state index contributed by atoms with van der Waals surface area (Å²) in [6.07, 6.45) is 0. The van der Waals surface area contributed by atoms with E-state index in [1.165, 1.54) is 25.3 Å². The fourth-order valence-electron chi connectivity index (χ4n) is 2.48. The van der Waals surface area contributed by atoms with Gasteiger partial charge in [-0.05, 0) is 36.4 Å². The van der Waals surface area contributed by atoms with E-state index >= 15 is 0 Å². The molecule has 138 valence electrons. The number of hydrogen-bond donors (Lipinski definition) is 1. The molecule has 0 aliphatic carbocycles. The van der Waals surface area contributed by atoms with Crippen LogP contribution in [-0.4, -0.2) is 22.8 Å². The lowest BCUT2D eigenvalue weighted by molar-refractivity contribution is -0.117. The lowest BCUT2D eigenvalue weighted by Gasteiger charge is -2.11. The molecule has 0 spiro atoms. The normalized spacial score (nSPS) is 10.5. The van der Waals surface area contributed by atoms with Gasteiger partial charge in [0.2, 0.25) is 5.91 Å². The second-order valence-electron chi connectivity index (χ2n) is 5.59. The Kier molecular flexibility index (Phi) is 5.66. The Morgan fingerprint density at radius 3 is 2.74 bits per heavy atom. The van der Waals surface area contributed by atoms with Gasteiger partial charge in [0.1, 0.15) is 18.1 Å². The Labute approximate surface area is 162 Å². The fourth-order valence-corrected chi connectivity index (χ4v) is 2.81. The van der Waals surface area contributed by atoms with Crippen LogP contribution in [0.15, 0.2) is 63.9 Å². The van der Waals surface area contributed by atoms with Gasteiger partial charge < -0.3 is 10.1 Å². The molecular formula is C19H15BrFN3O3. The van der Waals surface area contributed by atoms with Crippen molar-refractivity contribution >= 4 is 27.5 Å². The Hall–Kier alpha value is -3.00. The van der Waals surface area contributed by atoms with Crippen molar-refractivity contribution < 1.29 is 13.9 Å². The third-order valence-corrected chi connectivity index (χ3v) is 4.24. The van der Waals surface area contributed by atoms with Crippen molar-refractivity contribution in [1.82, 2.24) is 9.78 Å². The van der Waals surface area contributed by atoms with E-state index in [1.807, 2.05) is 12.1 Å². The number of nitrogens with one attached hydrogen (secondary N) is 1. The molecule has 0 unspecified atom stereocenters. The smallest absolute Gasteiger partial charge is 0.267 e. The first-order chi connectivity index (χ1) is 13.0. The molecule has 3 rings (SSSR count). The molecule has 8 heteroatoms. The Balaban J connectivity index is 1.84. The van der Waals surface area contributed by atoms with Gasteiger partial charge in [0.15, 0.2) is 0 Å². The predicted octanol–water partition coefficient (Wildman–Crippen LogP) is 3.46. The summed E-state index contributed by atoms with van der Waals surface area (Å²) in [5, 5.41) is 6.67. The van der Waals surface area contributed by atoms with E-state index in [0.29, 0.717) is 21.5 Å². The molecule has 0 saturated carbocycles. The van der Waals surface area contributed by atoms with E-state index in [9.17, 15) is 14.0 Å². The number of rotatable bonds is 5. The highest BCUT2D eigenvalue weighted by atomic mass is 79.9. The maximum Gasteiger partial charge on any atom is 0.267 e. The maximum atomic E-state index is 13.9. The number of carbonyl (C=O) groups excluding carboxylic acids is 1. The van der Waals surface area contributed by atoms with Crippen molar-refractivity contribution in [2.45, 2.75) is 6.54 Å². The Bertz CT molecular complexity index is 1050. The summed E-state index contributed by atoms with van der Waals surface area (Å²) in [7, 11) is 1.54. The Morgan fingerprint density at radius 1 is 1.22 bits per heavy atom. The van der Waals surface area contributed by atoms with E-state index in [-0.39, 0.29) is 12.2 Å². The van der Waals surface area contributed by atoms with E-state index in [0.717, 1.165) is 4.68 Å². The second kappa shape index (κ2) is 8.13. The van der Waals surface area contributed by atoms with Crippen LogP contribution in [0, 0.1) is 5.82 Å². The van der Waals surface area contributed by atoms with Crippen LogP contribution in [0.2, 0.25) is 0 Å². The van der Waals surface area contributed by atoms with Crippen LogP contribution in [0.5, 0.6) is 5.75 Å². The van der Waals surface area contributed by atoms with Crippen LogP contribution in [0.4, 0.5) is 10.1 Å². The number of nitrogens with zero attached hydrogens (tertiary/aromatic N) is 2. The first kappa shape index (κ1) is 18.8. The first-order valence-electron chi connectivity index (χ1n) is 7.94. The minimum atomic E-state index is -0.583. The highest BCUT2D eigenvalue weighted by Gasteiger charge is 2.12. The van der Waals surface area contributed by atoms with Crippen LogP contribution >= 0.6 is 15.9 Å². The van der Waals surface area contributed by atoms with Crippen molar-refractivity contribution in [3.05, 3.63) is 75.2 Å². The van der Waals surface area contributed by atoms with Crippen LogP contribution in [0.25, 0.3) is 11.3 Å². The molecule has 0 aliphatic rings. The fraction of sp³-hybridized carbons (Fsp3) is 0.105. The topological polar surface area (TPSA) is 73.2 Å². The largest absolute Gasteiger partial charge is 0.496 e. The summed E-state index contributed by atoms with van der Waals surface area (Å²) in [6.45, 7) is -0.350. The van der Waals surface area contributed by atoms with Crippen LogP contribution < -0.4 is 15.6 Å². The molecule has 1 heterocycles. The van der Waals surface area contributed by atoms with E-state index in [1.54, 1.807) is 24.3 Å². The quantitative estimate of drug-likeness (QED) is 0.671. The zero-order valence-electron chi connectivity index (χ0n) is 14.3. The number of methoxy groups -OCH3 is 1. The number of para-hydroxylation sites is 1. The highest BCUT2D eigenvalue weighted by Crippen LogP contribution is 2.27. The van der Waals surface area contributed by atoms with Crippen LogP contribution in [-0.2, 0) is 11.3 Å². The van der Waals surface area contributed by atoms with Crippen molar-refractivity contribution in [1.29, 1.82) is 0 Å². The molecule has 3 aromatic rings. The predicted molar refractivity (Wildman–Crippen MR) is 103 cm³/mol. The van der Waals surface area contributed by atoms with Crippen molar-refractivity contribution in [2.24, 2.45) is 0 Å². The number of benzene rings is 2. The molecule has 1 N–H and O–H groups in total. The van der Waals surface area contributed by atoms with Gasteiger partial charge in [0, 0.05) is 16.1 Å². The van der Waals surface area contributed by atoms with Crippen LogP contribution in [0.1, 0.15) is 0 Å². The van der Waals surface area contributed by atoms with Gasteiger partial charge in [-0.3, -0.25) is 9.59 Å². The third kappa shape index (κ3) is 4.40. The first-order valence-corrected chi connectivity index (χ1v) is 8.73. The molecule has 0 radical (unpaired) electrons. The molecule has 6 nitrogen and oxygen atoms in total. The SMILES string of the molecule is COc1ccccc1-c1ccc(=O)n(CC(=O)Nc2ccc(Br)cc2F)n1. The summed E-state index contributed by atoms with van der Waals surface area (Å²) < 4.78 is 20.7. The average molecular weight is 432 g/mol. The molecule has 0 aliphatic heterocycles. The van der Waals surface area contributed by atoms with Gasteiger partial charge in [-0.2, -0.15) is 5.10 Å². The Morgan fingerprint density at radius 2 is 2.00 bits per heavy atom. The number of anilines is 1. The van der Waals surface area contributed by atoms with E-state index in [2.05, 4.69) is 26.3 Å². The van der Waals surface area contributed by atoms with Crippen molar-refractivity contribution in [2.75, 3.05) is 12.4 Å². The summed E-state index contributed by atoms with van der Waals surface area (Å²) in [4.78, 5) is 24.3. The second-order valence-corrected chi connectivity index (χ2v) is 6.50. The lowest BCUT2D eigenvalue weighted by Crippen LogP contribution is -2.29. The molecule has 27 heavy (non-hydrogen) atoms. The lowest BCUT2D eigenvalue weighted by atomic mass is 10.1. The standard InChI is InChI=1S/C19H15BrFN3O3/c1-27-17-5-3-2-4-13(17)15-8-9-19(26)24(23-15)11-18(25)22-16-7-6-12(20)10-14(16)21/h2-10H,11H2,1H3,(H,22,25). The molecule has 0 atom stereocenters. The summed E-state index contributed by atoms with van der Waals surface area (Å²) in [5.74, 6) is -0.555. The molecule has 2 aromatic carbocycles. The van der Waals surface area contributed by atoms with Gasteiger partial charge >= 0.3 is 0 Å². The number of aromatic nitrogens is 2. The molecule has 1 amide bonds. The zero-order chi connectivity index (χ0) is 19.4. The zero-order valence-corrected chi connectivity index (χ0v) is 15.9. The van der Waals surface area contributed by atoms with Crippen LogP contribution in [0.3, 0.4) is 0 Å². The molecular weight excluding hydrogens is 417 g/mol. The minimum Gasteiger partial charge on any atom is -0.496 e. The summed E-state index contributed by atoms with van der Waals surface area (Å²) >= 11 is 3.15. The van der Waals surface area contributed by atoms with E-state index < -0.39 is 17.3 Å². The molecule has 0 saturated heterocycles. The summed E-state index contributed by atoms with van der Waals surface area (Å²) in [6, 6.07) is 14.4. The third-order valence-electron chi connectivity index (χ3n) is 3.75. The van der Waals surface area contributed by atoms with Gasteiger partial charge in [-0.1, -0.05) is 28.1 Å². The molecule has 0 fully saturated rings. The van der Waals surface area contributed by atoms with E-state index in [4.69, 9.17) is 4.74 Å². The highest BCUT2D eigenvalue weighted by molar-refractivity contribution is 9.10. The number of hydrogen-bond acceptors (Lipinski definition) is 4. The minimum absolute atomic E-state index is 0.0251. The van der Waals surface area contributed by atoms with Crippen molar-refractivity contribution in [3.8, 4) is 17.0 Å². The number of ether oxygens (including phenoxy) is 1. The molecule has 1 aromatic heterocycles.